The first-order valence-electron chi connectivity index (χ1n) is 15.5. The molecule has 5 aliphatic rings. The van der Waals surface area contributed by atoms with Crippen LogP contribution in [0.3, 0.4) is 0 Å². The summed E-state index contributed by atoms with van der Waals surface area (Å²) in [5.74, 6) is 10.6. The van der Waals surface area contributed by atoms with Gasteiger partial charge in [0.25, 0.3) is 0 Å². The van der Waals surface area contributed by atoms with Gasteiger partial charge >= 0.3 is 0 Å². The van der Waals surface area contributed by atoms with Crippen LogP contribution in [-0.4, -0.2) is 0 Å². The monoisotopic (exact) mass is 442 g/mol. The van der Waals surface area contributed by atoms with E-state index in [9.17, 15) is 0 Å². The maximum atomic E-state index is 2.57. The summed E-state index contributed by atoms with van der Waals surface area (Å²) < 4.78 is 0. The number of hydrogen-bond acceptors (Lipinski definition) is 0. The molecular weight excluding hydrogens is 384 g/mol. The van der Waals surface area contributed by atoms with Gasteiger partial charge in [0.15, 0.2) is 0 Å². The lowest BCUT2D eigenvalue weighted by molar-refractivity contribution is 0.0473. The van der Waals surface area contributed by atoms with Crippen molar-refractivity contribution in [1.29, 1.82) is 0 Å². The molecule has 0 nitrogen and oxygen atoms in total. The molecular formula is C32H58. The summed E-state index contributed by atoms with van der Waals surface area (Å²) in [5.41, 5.74) is 0. The number of hydrogen-bond donors (Lipinski definition) is 0. The molecule has 186 valence electrons. The molecule has 0 amide bonds. The van der Waals surface area contributed by atoms with E-state index in [1.165, 1.54) is 57.8 Å². The molecule has 0 saturated heterocycles. The standard InChI is InChI=1S/C21H38.C11H20/c1-15(2)21-16(3)9-7-12-18(17-10-5-4-6-11-17)19-13-8-14-20(19)21;1-9-6-7-10-4-2-3-5-11(10)8-9/h15-21H,4-14H2,1-3H3;9-11H,2-8H2,1H3. The molecule has 0 N–H and O–H groups in total. The smallest absolute Gasteiger partial charge is 0.0334 e. The SMILES string of the molecule is CC(C)C1C(C)CCCC(C2CCCCC2)C2CCCC21.CC1CCC2CCCCC2C1. The first-order valence-corrected chi connectivity index (χ1v) is 15.5. The van der Waals surface area contributed by atoms with E-state index in [1.807, 2.05) is 0 Å². The highest BCUT2D eigenvalue weighted by molar-refractivity contribution is 4.94. The second kappa shape index (κ2) is 12.1. The summed E-state index contributed by atoms with van der Waals surface area (Å²) in [5, 5.41) is 0. The summed E-state index contributed by atoms with van der Waals surface area (Å²) in [4.78, 5) is 0. The minimum Gasteiger partial charge on any atom is -0.0625 e. The average Bonchev–Trinajstić information content (AvgIpc) is 3.24. The van der Waals surface area contributed by atoms with Crippen molar-refractivity contribution in [2.75, 3.05) is 0 Å². The van der Waals surface area contributed by atoms with Crippen molar-refractivity contribution in [2.24, 2.45) is 59.2 Å². The van der Waals surface area contributed by atoms with Crippen molar-refractivity contribution < 1.29 is 0 Å². The first kappa shape index (κ1) is 25.1. The Kier molecular flexibility index (Phi) is 9.50. The zero-order valence-corrected chi connectivity index (χ0v) is 22.5. The second-order valence-corrected chi connectivity index (χ2v) is 13.8. The normalized spacial score (nSPS) is 43.4. The minimum atomic E-state index is 0.899. The molecule has 0 bridgehead atoms. The lowest BCUT2D eigenvalue weighted by atomic mass is 9.61. The van der Waals surface area contributed by atoms with Crippen LogP contribution in [0, 0.1) is 59.2 Å². The minimum absolute atomic E-state index is 0.899. The molecule has 0 spiro atoms. The Bertz CT molecular complexity index is 528. The molecule has 0 heteroatoms. The van der Waals surface area contributed by atoms with E-state index in [0.717, 1.165) is 59.2 Å². The van der Waals surface area contributed by atoms with Gasteiger partial charge in [-0.2, -0.15) is 0 Å². The molecule has 0 heterocycles. The fourth-order valence-corrected chi connectivity index (χ4v) is 9.94. The Morgan fingerprint density at radius 3 is 1.81 bits per heavy atom. The number of rotatable bonds is 2. The molecule has 5 rings (SSSR count). The molecule has 0 aromatic rings. The topological polar surface area (TPSA) is 0 Å². The summed E-state index contributed by atoms with van der Waals surface area (Å²) >= 11 is 0. The first-order chi connectivity index (χ1) is 15.5. The van der Waals surface area contributed by atoms with Gasteiger partial charge in [0, 0.05) is 0 Å². The van der Waals surface area contributed by atoms with E-state index in [0.29, 0.717) is 0 Å². The van der Waals surface area contributed by atoms with Crippen LogP contribution in [-0.2, 0) is 0 Å². The van der Waals surface area contributed by atoms with Crippen LogP contribution in [0.4, 0.5) is 0 Å². The Morgan fingerprint density at radius 2 is 1.06 bits per heavy atom. The Balaban J connectivity index is 0.000000186. The van der Waals surface area contributed by atoms with Gasteiger partial charge in [-0.1, -0.05) is 111 Å². The largest absolute Gasteiger partial charge is 0.0625 e. The van der Waals surface area contributed by atoms with Gasteiger partial charge in [-0.25, -0.2) is 0 Å². The summed E-state index contributed by atoms with van der Waals surface area (Å²) in [6.07, 6.45) is 27.7. The van der Waals surface area contributed by atoms with Gasteiger partial charge in [-0.15, -0.1) is 0 Å². The van der Waals surface area contributed by atoms with Crippen molar-refractivity contribution in [3.05, 3.63) is 0 Å². The van der Waals surface area contributed by atoms with Gasteiger partial charge < -0.3 is 0 Å². The van der Waals surface area contributed by atoms with Crippen molar-refractivity contribution in [1.82, 2.24) is 0 Å². The lowest BCUT2D eigenvalue weighted by Crippen LogP contribution is -2.37. The third-order valence-electron chi connectivity index (χ3n) is 11.4. The Labute approximate surface area is 202 Å². The molecule has 5 aliphatic carbocycles. The van der Waals surface area contributed by atoms with E-state index in [4.69, 9.17) is 0 Å². The maximum absolute atomic E-state index is 2.57. The van der Waals surface area contributed by atoms with E-state index in [-0.39, 0.29) is 0 Å². The van der Waals surface area contributed by atoms with Crippen LogP contribution < -0.4 is 0 Å². The predicted molar refractivity (Wildman–Crippen MR) is 141 cm³/mol. The van der Waals surface area contributed by atoms with E-state index < -0.39 is 0 Å². The molecule has 0 aromatic heterocycles. The molecule has 0 aromatic carbocycles. The predicted octanol–water partition coefficient (Wildman–Crippen LogP) is 10.3. The van der Waals surface area contributed by atoms with Crippen LogP contribution in [0.5, 0.6) is 0 Å². The maximum Gasteiger partial charge on any atom is -0.0334 e. The van der Waals surface area contributed by atoms with E-state index >= 15 is 0 Å². The summed E-state index contributed by atoms with van der Waals surface area (Å²) in [7, 11) is 0. The van der Waals surface area contributed by atoms with E-state index in [1.54, 1.807) is 57.8 Å². The Morgan fingerprint density at radius 1 is 0.469 bits per heavy atom. The van der Waals surface area contributed by atoms with Crippen LogP contribution in [0.25, 0.3) is 0 Å². The average molecular weight is 443 g/mol. The van der Waals surface area contributed by atoms with Gasteiger partial charge in [0.05, 0.1) is 0 Å². The van der Waals surface area contributed by atoms with Crippen molar-refractivity contribution in [3.8, 4) is 0 Å². The fourth-order valence-electron chi connectivity index (χ4n) is 9.94. The number of fused-ring (bicyclic) bond motifs is 2. The van der Waals surface area contributed by atoms with Crippen molar-refractivity contribution >= 4 is 0 Å². The van der Waals surface area contributed by atoms with Crippen molar-refractivity contribution in [2.45, 2.75) is 143 Å². The van der Waals surface area contributed by atoms with Gasteiger partial charge in [0.2, 0.25) is 0 Å². The summed E-state index contributed by atoms with van der Waals surface area (Å²) in [6, 6.07) is 0. The molecule has 5 fully saturated rings. The van der Waals surface area contributed by atoms with Gasteiger partial charge in [0.1, 0.15) is 0 Å². The third-order valence-corrected chi connectivity index (χ3v) is 11.4. The lowest BCUT2D eigenvalue weighted by Gasteiger charge is -2.44. The zero-order chi connectivity index (χ0) is 22.5. The van der Waals surface area contributed by atoms with Crippen LogP contribution in [0.1, 0.15) is 143 Å². The van der Waals surface area contributed by atoms with Crippen LogP contribution >= 0.6 is 0 Å². The van der Waals surface area contributed by atoms with Gasteiger partial charge in [-0.3, -0.25) is 0 Å². The highest BCUT2D eigenvalue weighted by atomic mass is 14.5. The molecule has 0 radical (unpaired) electrons. The van der Waals surface area contributed by atoms with Crippen LogP contribution in [0.15, 0.2) is 0 Å². The fraction of sp³-hybridized carbons (Fsp3) is 1.00. The van der Waals surface area contributed by atoms with Crippen molar-refractivity contribution in [3.63, 3.8) is 0 Å². The highest BCUT2D eigenvalue weighted by Crippen LogP contribution is 2.53. The molecule has 5 saturated carbocycles. The molecule has 8 unspecified atom stereocenters. The third kappa shape index (κ3) is 6.16. The van der Waals surface area contributed by atoms with Crippen LogP contribution in [0.2, 0.25) is 0 Å². The molecule has 0 aliphatic heterocycles. The quantitative estimate of drug-likeness (QED) is 0.399. The second-order valence-electron chi connectivity index (χ2n) is 13.8. The molecule has 32 heavy (non-hydrogen) atoms. The molecule has 8 atom stereocenters. The summed E-state index contributed by atoms with van der Waals surface area (Å²) in [6.45, 7) is 10.0. The van der Waals surface area contributed by atoms with Gasteiger partial charge in [-0.05, 0) is 91.3 Å². The Hall–Kier alpha value is 0. The zero-order valence-electron chi connectivity index (χ0n) is 22.5. The highest BCUT2D eigenvalue weighted by Gasteiger charge is 2.44. The van der Waals surface area contributed by atoms with E-state index in [2.05, 4.69) is 27.7 Å².